The normalized spacial score (nSPS) is 58.4. The van der Waals surface area contributed by atoms with Gasteiger partial charge < -0.3 is 78.7 Å². The van der Waals surface area contributed by atoms with Crippen molar-refractivity contribution in [1.29, 1.82) is 0 Å². The van der Waals surface area contributed by atoms with Crippen molar-refractivity contribution in [1.82, 2.24) is 0 Å². The monoisotopic (exact) mass is 868 g/mol. The molecule has 5 saturated heterocycles. The predicted octanol–water partition coefficient (Wildman–Crippen LogP) is 1.24. The predicted molar refractivity (Wildman–Crippen MR) is 213 cm³/mol. The van der Waals surface area contributed by atoms with E-state index in [1.165, 1.54) is 25.8 Å². The quantitative estimate of drug-likeness (QED) is 0.168. The largest absolute Gasteiger partial charge is 0.394 e. The zero-order chi connectivity index (χ0) is 43.5. The minimum Gasteiger partial charge on any atom is -0.394 e. The maximum Gasteiger partial charge on any atom is 0.187 e. The first-order valence-electron chi connectivity index (χ1n) is 23.2. The van der Waals surface area contributed by atoms with Gasteiger partial charge in [0.2, 0.25) is 0 Å². The van der Waals surface area contributed by atoms with E-state index in [-0.39, 0.29) is 23.0 Å². The second kappa shape index (κ2) is 16.8. The van der Waals surface area contributed by atoms with E-state index in [1.54, 1.807) is 0 Å². The Kier molecular flexibility index (Phi) is 12.4. The molecule has 5 aliphatic heterocycles. The molecule has 348 valence electrons. The van der Waals surface area contributed by atoms with Crippen LogP contribution in [0.25, 0.3) is 0 Å². The molecule has 0 amide bonds. The third-order valence-electron chi connectivity index (χ3n) is 17.6. The first-order chi connectivity index (χ1) is 28.9. The fraction of sp³-hybridized carbons (Fsp3) is 0.956. The molecular formula is C45H72O16. The maximum absolute atomic E-state index is 12.0. The summed E-state index contributed by atoms with van der Waals surface area (Å²) >= 11 is 0. The molecule has 16 heteroatoms. The number of rotatable bonds is 7. The van der Waals surface area contributed by atoms with Gasteiger partial charge in [-0.05, 0) is 106 Å². The fourth-order valence-corrected chi connectivity index (χ4v) is 14.0. The summed E-state index contributed by atoms with van der Waals surface area (Å²) in [4.78, 5) is 0. The van der Waals surface area contributed by atoms with Crippen LogP contribution in [0.2, 0.25) is 0 Å². The van der Waals surface area contributed by atoms with Crippen molar-refractivity contribution in [3.63, 3.8) is 0 Å². The molecular weight excluding hydrogens is 796 g/mol. The van der Waals surface area contributed by atoms with Crippen LogP contribution in [0.5, 0.6) is 0 Å². The van der Waals surface area contributed by atoms with Crippen molar-refractivity contribution in [3.05, 3.63) is 11.6 Å². The fourth-order valence-electron chi connectivity index (χ4n) is 14.0. The van der Waals surface area contributed by atoms with Gasteiger partial charge in [-0.1, -0.05) is 39.3 Å². The highest BCUT2D eigenvalue weighted by Gasteiger charge is 2.69. The van der Waals surface area contributed by atoms with E-state index in [9.17, 15) is 40.9 Å². The van der Waals surface area contributed by atoms with Gasteiger partial charge in [-0.3, -0.25) is 0 Å². The van der Waals surface area contributed by atoms with Crippen molar-refractivity contribution in [2.75, 3.05) is 13.2 Å². The highest BCUT2D eigenvalue weighted by atomic mass is 16.8. The number of fused-ring (bicyclic) bond motifs is 7. The van der Waals surface area contributed by atoms with Crippen molar-refractivity contribution < 1.29 is 78.7 Å². The molecule has 0 aromatic heterocycles. The van der Waals surface area contributed by atoms with Crippen molar-refractivity contribution >= 4 is 0 Å². The minimum atomic E-state index is -1.71. The SMILES string of the molecule is C[C@@H]1CC[C@@]2(OC1)O[C@H]1C[C@H]3[C@@H]4CC=C5C[C@@H](O[C@@H]6O[C@H](CO)[C@H](O[C@@H]7O[C@@H](C)[C@H](O)[C@@H](O)[C@H]7O)[C@@H](O)[C@H]6O[C@@H]6O[C@@H](C)[C@H](O)[C@@H](O)[C@H]6O)CC[C@]5(C)[C@H]4CC[C@]3(C)[C@H]1[C@@H]2C. The van der Waals surface area contributed by atoms with Crippen LogP contribution in [0.1, 0.15) is 99.3 Å². The Morgan fingerprint density at radius 2 is 1.34 bits per heavy atom. The summed E-state index contributed by atoms with van der Waals surface area (Å²) in [6.07, 6.45) is -10.4. The van der Waals surface area contributed by atoms with E-state index in [0.29, 0.717) is 48.3 Å². The minimum absolute atomic E-state index is 0.0171. The van der Waals surface area contributed by atoms with E-state index in [4.69, 9.17) is 37.9 Å². The number of allylic oxidation sites excluding steroid dienone is 1. The topological polar surface area (TPSA) is 236 Å². The lowest BCUT2D eigenvalue weighted by molar-refractivity contribution is -0.388. The van der Waals surface area contributed by atoms with Gasteiger partial charge in [0.25, 0.3) is 0 Å². The number of aliphatic hydroxyl groups is 8. The molecule has 8 N–H and O–H groups in total. The van der Waals surface area contributed by atoms with Gasteiger partial charge in [-0.2, -0.15) is 0 Å². The summed E-state index contributed by atoms with van der Waals surface area (Å²) < 4.78 is 50.1. The standard InChI is InChI=1S/C45H72O16/c1-19-9-14-45(54-18-19)20(2)30-28(61-45)16-27-25-8-7-23-15-24(10-12-43(23,5)26(25)11-13-44(27,30)6)57-42-39(60-41-36(52)34(50)32(48)22(4)56-41)37(53)38(29(17-46)58-42)59-40-35(51)33(49)31(47)21(3)55-40/h7,19-22,24-42,46-53H,8-18H2,1-6H3/t19-,20+,21+,22+,24+,25-,26+,27+,28+,29-,30+,31+,32+,33-,34-,35-,36-,37-,38+,39-,40+,41+,42-,43+,44+,45-/m1/s1. The highest BCUT2D eigenvalue weighted by Crippen LogP contribution is 2.70. The molecule has 8 fully saturated rings. The first-order valence-corrected chi connectivity index (χ1v) is 23.2. The molecule has 5 heterocycles. The molecule has 3 saturated carbocycles. The Morgan fingerprint density at radius 3 is 1.97 bits per heavy atom. The van der Waals surface area contributed by atoms with E-state index in [2.05, 4.69) is 33.8 Å². The molecule has 0 bridgehead atoms. The second-order valence-electron chi connectivity index (χ2n) is 21.1. The van der Waals surface area contributed by atoms with E-state index >= 15 is 0 Å². The molecule has 4 aliphatic carbocycles. The zero-order valence-electron chi connectivity index (χ0n) is 36.5. The van der Waals surface area contributed by atoms with Crippen LogP contribution >= 0.6 is 0 Å². The third-order valence-corrected chi connectivity index (χ3v) is 17.6. The van der Waals surface area contributed by atoms with Crippen LogP contribution in [0, 0.1) is 46.3 Å². The molecule has 9 aliphatic rings. The van der Waals surface area contributed by atoms with Crippen LogP contribution in [0.15, 0.2) is 11.6 Å². The Balaban J connectivity index is 0.916. The lowest BCUT2D eigenvalue weighted by Gasteiger charge is -2.58. The second-order valence-corrected chi connectivity index (χ2v) is 21.1. The van der Waals surface area contributed by atoms with Crippen molar-refractivity contribution in [2.45, 2.75) is 209 Å². The van der Waals surface area contributed by atoms with Gasteiger partial charge in [0.1, 0.15) is 61.0 Å². The molecule has 1 spiro atoms. The third kappa shape index (κ3) is 7.42. The summed E-state index contributed by atoms with van der Waals surface area (Å²) in [5.41, 5.74) is 1.53. The van der Waals surface area contributed by atoms with Gasteiger partial charge in [0.15, 0.2) is 24.7 Å². The van der Waals surface area contributed by atoms with Gasteiger partial charge >= 0.3 is 0 Å². The van der Waals surface area contributed by atoms with Gasteiger partial charge in [-0.15, -0.1) is 0 Å². The molecule has 9 rings (SSSR count). The van der Waals surface area contributed by atoms with Crippen LogP contribution < -0.4 is 0 Å². The molecule has 0 radical (unpaired) electrons. The summed E-state index contributed by atoms with van der Waals surface area (Å²) in [5.74, 6) is 2.64. The van der Waals surface area contributed by atoms with E-state index in [0.717, 1.165) is 45.1 Å². The van der Waals surface area contributed by atoms with Gasteiger partial charge in [-0.25, -0.2) is 0 Å². The Labute approximate surface area is 358 Å². The maximum atomic E-state index is 12.0. The summed E-state index contributed by atoms with van der Waals surface area (Å²) in [6.45, 7) is 12.7. The first kappa shape index (κ1) is 45.3. The van der Waals surface area contributed by atoms with Gasteiger partial charge in [0.05, 0.1) is 37.6 Å². The van der Waals surface area contributed by atoms with Crippen LogP contribution in [-0.2, 0) is 37.9 Å². The number of hydrogen-bond acceptors (Lipinski definition) is 16. The van der Waals surface area contributed by atoms with E-state index < -0.39 is 105 Å². The van der Waals surface area contributed by atoms with Crippen LogP contribution in [0.3, 0.4) is 0 Å². The summed E-state index contributed by atoms with van der Waals surface area (Å²) in [5, 5.41) is 85.9. The molecule has 0 aromatic carbocycles. The van der Waals surface area contributed by atoms with Crippen molar-refractivity contribution in [3.8, 4) is 0 Å². The van der Waals surface area contributed by atoms with Crippen LogP contribution in [0.4, 0.5) is 0 Å². The number of ether oxygens (including phenoxy) is 8. The summed E-state index contributed by atoms with van der Waals surface area (Å²) in [7, 11) is 0. The lowest BCUT2D eigenvalue weighted by atomic mass is 9.47. The van der Waals surface area contributed by atoms with E-state index in [1.807, 2.05) is 0 Å². The van der Waals surface area contributed by atoms with Gasteiger partial charge in [0, 0.05) is 12.3 Å². The lowest BCUT2D eigenvalue weighted by Crippen LogP contribution is -2.66. The Bertz CT molecular complexity index is 1590. The molecule has 26 atom stereocenters. The summed E-state index contributed by atoms with van der Waals surface area (Å²) in [6, 6.07) is 0. The molecule has 0 unspecified atom stereocenters. The highest BCUT2D eigenvalue weighted by molar-refractivity contribution is 5.26. The number of aliphatic hydroxyl groups excluding tert-OH is 8. The molecule has 0 aromatic rings. The molecule has 61 heavy (non-hydrogen) atoms. The van der Waals surface area contributed by atoms with Crippen LogP contribution in [-0.4, -0.2) is 164 Å². The Hall–Kier alpha value is -0.900. The average molecular weight is 869 g/mol. The smallest absolute Gasteiger partial charge is 0.187 e. The number of hydrogen-bond donors (Lipinski definition) is 8. The van der Waals surface area contributed by atoms with Crippen molar-refractivity contribution in [2.24, 2.45) is 46.3 Å². The molecule has 16 nitrogen and oxygen atoms in total. The zero-order valence-corrected chi connectivity index (χ0v) is 36.5. The average Bonchev–Trinajstić information content (AvgIpc) is 3.69. The Morgan fingerprint density at radius 1 is 0.689 bits per heavy atom.